The van der Waals surface area contributed by atoms with Gasteiger partial charge in [0.05, 0.1) is 18.0 Å². The first kappa shape index (κ1) is 11.8. The number of likely N-dealkylation sites (tertiary alicyclic amines) is 1. The average Bonchev–Trinajstić information content (AvgIpc) is 2.26. The third-order valence-corrected chi connectivity index (χ3v) is 2.65. The lowest BCUT2D eigenvalue weighted by molar-refractivity contribution is -0.117. The molecule has 0 spiro atoms. The van der Waals surface area contributed by atoms with Gasteiger partial charge >= 0.3 is 0 Å². The second-order valence-electron chi connectivity index (χ2n) is 4.19. The Bertz CT molecular complexity index is 387. The third-order valence-electron chi connectivity index (χ3n) is 2.65. The van der Waals surface area contributed by atoms with Gasteiger partial charge in [-0.25, -0.2) is 4.98 Å². The van der Waals surface area contributed by atoms with Gasteiger partial charge in [0.25, 0.3) is 0 Å². The predicted octanol–water partition coefficient (Wildman–Crippen LogP) is -0.331. The standard InChI is InChI=1S/C11H16N4O2/c12-8-1-2-10(13-5-8)14-11(17)3-4-15-6-9(16)7-15/h1-2,5,9,16H,3-4,6-7,12H2,(H,13,14,17). The zero-order chi connectivity index (χ0) is 12.3. The van der Waals surface area contributed by atoms with Crippen LogP contribution < -0.4 is 11.1 Å². The van der Waals surface area contributed by atoms with Crippen LogP contribution in [0.25, 0.3) is 0 Å². The maximum absolute atomic E-state index is 11.6. The number of hydrogen-bond donors (Lipinski definition) is 3. The highest BCUT2D eigenvalue weighted by Gasteiger charge is 2.24. The largest absolute Gasteiger partial charge is 0.397 e. The molecule has 1 aliphatic heterocycles. The summed E-state index contributed by atoms with van der Waals surface area (Å²) in [5.41, 5.74) is 6.06. The van der Waals surface area contributed by atoms with E-state index in [1.165, 1.54) is 6.20 Å². The van der Waals surface area contributed by atoms with Gasteiger partial charge in [-0.15, -0.1) is 0 Å². The van der Waals surface area contributed by atoms with E-state index in [9.17, 15) is 4.79 Å². The number of aliphatic hydroxyl groups is 1. The molecule has 6 nitrogen and oxygen atoms in total. The van der Waals surface area contributed by atoms with Crippen LogP contribution >= 0.6 is 0 Å². The first-order chi connectivity index (χ1) is 8.13. The molecule has 1 saturated heterocycles. The van der Waals surface area contributed by atoms with Crippen molar-refractivity contribution in [2.75, 3.05) is 30.7 Å². The monoisotopic (exact) mass is 236 g/mol. The van der Waals surface area contributed by atoms with E-state index < -0.39 is 0 Å². The number of hydrogen-bond acceptors (Lipinski definition) is 5. The molecule has 4 N–H and O–H groups in total. The maximum Gasteiger partial charge on any atom is 0.226 e. The summed E-state index contributed by atoms with van der Waals surface area (Å²) in [6.07, 6.45) is 1.68. The van der Waals surface area contributed by atoms with Crippen LogP contribution in [0.1, 0.15) is 6.42 Å². The Morgan fingerprint density at radius 1 is 1.59 bits per heavy atom. The fourth-order valence-electron chi connectivity index (χ4n) is 1.67. The molecule has 92 valence electrons. The zero-order valence-corrected chi connectivity index (χ0v) is 9.47. The molecule has 1 amide bonds. The highest BCUT2D eigenvalue weighted by atomic mass is 16.3. The molecule has 2 rings (SSSR count). The molecule has 0 bridgehead atoms. The Labute approximate surface area is 99.4 Å². The minimum atomic E-state index is -0.225. The lowest BCUT2D eigenvalue weighted by Crippen LogP contribution is -2.51. The van der Waals surface area contributed by atoms with E-state index in [4.69, 9.17) is 10.8 Å². The van der Waals surface area contributed by atoms with Gasteiger partial charge in [0, 0.05) is 26.1 Å². The van der Waals surface area contributed by atoms with E-state index in [-0.39, 0.29) is 12.0 Å². The van der Waals surface area contributed by atoms with Gasteiger partial charge in [-0.05, 0) is 12.1 Å². The summed E-state index contributed by atoms with van der Waals surface area (Å²) in [7, 11) is 0. The molecule has 0 aliphatic carbocycles. The van der Waals surface area contributed by atoms with Crippen molar-refractivity contribution in [1.29, 1.82) is 0 Å². The molecule has 0 aromatic carbocycles. The summed E-state index contributed by atoms with van der Waals surface area (Å²) in [6, 6.07) is 3.36. The topological polar surface area (TPSA) is 91.5 Å². The number of β-amino-alcohol motifs (C(OH)–C–C–N with tert-alkyl or cyclic N) is 1. The van der Waals surface area contributed by atoms with Crippen LogP contribution in [0.15, 0.2) is 18.3 Å². The summed E-state index contributed by atoms with van der Waals surface area (Å²) in [6.45, 7) is 1.98. The summed E-state index contributed by atoms with van der Waals surface area (Å²) in [4.78, 5) is 17.6. The fraction of sp³-hybridized carbons (Fsp3) is 0.455. The number of nitrogens with two attached hydrogens (primary N) is 1. The quantitative estimate of drug-likeness (QED) is 0.665. The minimum Gasteiger partial charge on any atom is -0.397 e. The van der Waals surface area contributed by atoms with Gasteiger partial charge in [-0.3, -0.25) is 9.69 Å². The molecular weight excluding hydrogens is 220 g/mol. The molecule has 0 radical (unpaired) electrons. The second-order valence-corrected chi connectivity index (χ2v) is 4.19. The number of carbonyl (C=O) groups is 1. The molecule has 1 aromatic heterocycles. The zero-order valence-electron chi connectivity index (χ0n) is 9.47. The van der Waals surface area contributed by atoms with Gasteiger partial charge in [0.1, 0.15) is 5.82 Å². The molecular formula is C11H16N4O2. The van der Waals surface area contributed by atoms with Crippen molar-refractivity contribution in [2.45, 2.75) is 12.5 Å². The van der Waals surface area contributed by atoms with Crippen molar-refractivity contribution < 1.29 is 9.90 Å². The number of amides is 1. The summed E-state index contributed by atoms with van der Waals surface area (Å²) >= 11 is 0. The predicted molar refractivity (Wildman–Crippen MR) is 64.3 cm³/mol. The summed E-state index contributed by atoms with van der Waals surface area (Å²) < 4.78 is 0. The number of aliphatic hydroxyl groups excluding tert-OH is 1. The van der Waals surface area contributed by atoms with E-state index in [0.717, 1.165) is 0 Å². The van der Waals surface area contributed by atoms with E-state index in [1.807, 2.05) is 4.90 Å². The Balaban J connectivity index is 1.71. The highest BCUT2D eigenvalue weighted by Crippen LogP contribution is 2.09. The number of anilines is 2. The smallest absolute Gasteiger partial charge is 0.226 e. The van der Waals surface area contributed by atoms with Crippen LogP contribution in [0.4, 0.5) is 11.5 Å². The first-order valence-corrected chi connectivity index (χ1v) is 5.55. The van der Waals surface area contributed by atoms with Gasteiger partial charge in [-0.1, -0.05) is 0 Å². The Hall–Kier alpha value is -1.66. The van der Waals surface area contributed by atoms with Crippen molar-refractivity contribution in [3.8, 4) is 0 Å². The van der Waals surface area contributed by atoms with Crippen LogP contribution in [0, 0.1) is 0 Å². The molecule has 6 heteroatoms. The van der Waals surface area contributed by atoms with Crippen molar-refractivity contribution in [3.05, 3.63) is 18.3 Å². The first-order valence-electron chi connectivity index (χ1n) is 5.55. The number of pyridine rings is 1. The van der Waals surface area contributed by atoms with E-state index in [2.05, 4.69) is 10.3 Å². The van der Waals surface area contributed by atoms with Crippen LogP contribution in [-0.4, -0.2) is 46.6 Å². The van der Waals surface area contributed by atoms with Crippen molar-refractivity contribution >= 4 is 17.4 Å². The fourth-order valence-corrected chi connectivity index (χ4v) is 1.67. The number of rotatable bonds is 4. The van der Waals surface area contributed by atoms with E-state index in [1.54, 1.807) is 12.1 Å². The van der Waals surface area contributed by atoms with Crippen molar-refractivity contribution in [1.82, 2.24) is 9.88 Å². The molecule has 0 unspecified atom stereocenters. The van der Waals surface area contributed by atoms with Crippen LogP contribution in [0.2, 0.25) is 0 Å². The van der Waals surface area contributed by atoms with Gasteiger partial charge in [-0.2, -0.15) is 0 Å². The van der Waals surface area contributed by atoms with Crippen LogP contribution in [0.5, 0.6) is 0 Å². The maximum atomic E-state index is 11.6. The summed E-state index contributed by atoms with van der Waals surface area (Å²) in [5.74, 6) is 0.427. The average molecular weight is 236 g/mol. The molecule has 1 aliphatic rings. The molecule has 1 fully saturated rings. The molecule has 2 heterocycles. The van der Waals surface area contributed by atoms with Crippen LogP contribution in [-0.2, 0) is 4.79 Å². The van der Waals surface area contributed by atoms with E-state index >= 15 is 0 Å². The Kier molecular flexibility index (Phi) is 3.55. The molecule has 0 saturated carbocycles. The third kappa shape index (κ3) is 3.40. The molecule has 1 aromatic rings. The number of nitrogens with zero attached hydrogens (tertiary/aromatic N) is 2. The van der Waals surface area contributed by atoms with Gasteiger partial charge < -0.3 is 16.2 Å². The van der Waals surface area contributed by atoms with Crippen LogP contribution in [0.3, 0.4) is 0 Å². The lowest BCUT2D eigenvalue weighted by atomic mass is 10.1. The van der Waals surface area contributed by atoms with Gasteiger partial charge in [0.2, 0.25) is 5.91 Å². The number of nitrogens with one attached hydrogen (secondary N) is 1. The normalized spacial score (nSPS) is 16.5. The number of nitrogen functional groups attached to an aromatic ring is 1. The molecule has 0 atom stereocenters. The lowest BCUT2D eigenvalue weighted by Gasteiger charge is -2.35. The SMILES string of the molecule is Nc1ccc(NC(=O)CCN2CC(O)C2)nc1. The number of aromatic nitrogens is 1. The van der Waals surface area contributed by atoms with Crippen molar-refractivity contribution in [2.24, 2.45) is 0 Å². The number of carbonyl (C=O) groups excluding carboxylic acids is 1. The van der Waals surface area contributed by atoms with Crippen molar-refractivity contribution in [3.63, 3.8) is 0 Å². The minimum absolute atomic E-state index is 0.0799. The second kappa shape index (κ2) is 5.11. The Morgan fingerprint density at radius 3 is 2.94 bits per heavy atom. The highest BCUT2D eigenvalue weighted by molar-refractivity contribution is 5.89. The Morgan fingerprint density at radius 2 is 2.35 bits per heavy atom. The van der Waals surface area contributed by atoms with Gasteiger partial charge in [0.15, 0.2) is 0 Å². The summed E-state index contributed by atoms with van der Waals surface area (Å²) in [5, 5.41) is 11.8. The van der Waals surface area contributed by atoms with E-state index in [0.29, 0.717) is 37.6 Å². The molecule has 17 heavy (non-hydrogen) atoms.